The van der Waals surface area contributed by atoms with Crippen molar-refractivity contribution in [3.05, 3.63) is 0 Å². The van der Waals surface area contributed by atoms with Crippen LogP contribution in [0.1, 0.15) is 34.1 Å². The molecule has 5 nitrogen and oxygen atoms in total. The Balaban J connectivity index is 4.75. The highest BCUT2D eigenvalue weighted by Crippen LogP contribution is 2.14. The monoisotopic (exact) mass is 274 g/mol. The lowest BCUT2D eigenvalue weighted by Gasteiger charge is -2.30. The number of hydrogen-bond acceptors (Lipinski definition) is 4. The molecule has 0 spiro atoms. The van der Waals surface area contributed by atoms with Crippen molar-refractivity contribution in [1.82, 2.24) is 4.90 Å². The van der Waals surface area contributed by atoms with Crippen LogP contribution in [0.15, 0.2) is 5.16 Å². The number of oxime groups is 1. The average molecular weight is 275 g/mol. The van der Waals surface area contributed by atoms with Gasteiger partial charge in [0.1, 0.15) is 10.8 Å². The summed E-state index contributed by atoms with van der Waals surface area (Å²) in [6.45, 7) is 7.16. The van der Waals surface area contributed by atoms with Crippen molar-refractivity contribution in [2.24, 2.45) is 5.16 Å². The van der Waals surface area contributed by atoms with Gasteiger partial charge in [0, 0.05) is 12.5 Å². The first-order chi connectivity index (χ1) is 8.21. The Labute approximate surface area is 113 Å². The van der Waals surface area contributed by atoms with Crippen molar-refractivity contribution in [1.29, 1.82) is 0 Å². The van der Waals surface area contributed by atoms with Crippen LogP contribution < -0.4 is 0 Å². The van der Waals surface area contributed by atoms with Gasteiger partial charge in [0.25, 0.3) is 0 Å². The number of amides is 1. The number of hydrogen-bond donors (Lipinski definition) is 1. The first-order valence-corrected chi connectivity index (χ1v) is 5.88. The van der Waals surface area contributed by atoms with Crippen molar-refractivity contribution in [3.8, 4) is 12.3 Å². The van der Waals surface area contributed by atoms with Crippen molar-refractivity contribution in [2.45, 2.75) is 45.8 Å². The van der Waals surface area contributed by atoms with E-state index in [2.05, 4.69) is 11.1 Å². The summed E-state index contributed by atoms with van der Waals surface area (Å²) in [6, 6.07) is -0.320. The predicted octanol–water partition coefficient (Wildman–Crippen LogP) is 2.66. The standard InChI is InChI=1S/C12H19ClN2O3/c1-6-7-15(9(2)8-10(13)14-17)11(16)18-12(3,4)5/h1,9,17H,7-8H2,2-5H3/b14-10+/t9-/m0/s1. The van der Waals surface area contributed by atoms with E-state index in [1.54, 1.807) is 27.7 Å². The summed E-state index contributed by atoms with van der Waals surface area (Å²) in [5.41, 5.74) is -0.599. The SMILES string of the molecule is C#CCN(C(=O)OC(C)(C)C)[C@@H](C)C/C(Cl)=N\O. The normalized spacial score (nSPS) is 13.7. The summed E-state index contributed by atoms with van der Waals surface area (Å²) in [6.07, 6.45) is 4.91. The molecule has 1 amide bonds. The highest BCUT2D eigenvalue weighted by molar-refractivity contribution is 6.65. The summed E-state index contributed by atoms with van der Waals surface area (Å²) in [7, 11) is 0. The minimum absolute atomic E-state index is 0.00748. The van der Waals surface area contributed by atoms with Crippen LogP contribution in [0.5, 0.6) is 0 Å². The number of terminal acetylenes is 1. The minimum atomic E-state index is -0.599. The molecule has 0 radical (unpaired) electrons. The van der Waals surface area contributed by atoms with Gasteiger partial charge >= 0.3 is 6.09 Å². The Bertz CT molecular complexity index is 355. The maximum atomic E-state index is 11.9. The quantitative estimate of drug-likeness (QED) is 0.371. The molecule has 0 rings (SSSR count). The molecule has 0 aliphatic rings. The van der Waals surface area contributed by atoms with Crippen molar-refractivity contribution >= 4 is 22.9 Å². The minimum Gasteiger partial charge on any atom is -0.444 e. The van der Waals surface area contributed by atoms with E-state index in [0.717, 1.165) is 0 Å². The van der Waals surface area contributed by atoms with E-state index < -0.39 is 11.7 Å². The Morgan fingerprint density at radius 1 is 1.61 bits per heavy atom. The van der Waals surface area contributed by atoms with Gasteiger partial charge in [-0.1, -0.05) is 22.7 Å². The van der Waals surface area contributed by atoms with Gasteiger partial charge < -0.3 is 9.94 Å². The fourth-order valence-electron chi connectivity index (χ4n) is 1.21. The topological polar surface area (TPSA) is 62.1 Å². The molecule has 0 heterocycles. The zero-order valence-electron chi connectivity index (χ0n) is 11.1. The third-order valence-electron chi connectivity index (χ3n) is 1.99. The van der Waals surface area contributed by atoms with Crippen LogP contribution in [0.3, 0.4) is 0 Å². The number of rotatable bonds is 4. The number of ether oxygens (including phenoxy) is 1. The van der Waals surface area contributed by atoms with Crippen LogP contribution in [-0.2, 0) is 4.74 Å². The summed E-state index contributed by atoms with van der Waals surface area (Å²) < 4.78 is 5.23. The Morgan fingerprint density at radius 2 is 2.17 bits per heavy atom. The second-order valence-corrected chi connectivity index (χ2v) is 5.28. The van der Waals surface area contributed by atoms with E-state index in [-0.39, 0.29) is 24.2 Å². The highest BCUT2D eigenvalue weighted by Gasteiger charge is 2.26. The molecule has 0 aromatic heterocycles. The van der Waals surface area contributed by atoms with E-state index in [1.807, 2.05) is 0 Å². The zero-order chi connectivity index (χ0) is 14.3. The fraction of sp³-hybridized carbons (Fsp3) is 0.667. The fourth-order valence-corrected chi connectivity index (χ4v) is 1.44. The zero-order valence-corrected chi connectivity index (χ0v) is 11.9. The molecule has 1 atom stereocenters. The molecule has 1 N–H and O–H groups in total. The van der Waals surface area contributed by atoms with Crippen LogP contribution in [-0.4, -0.2) is 39.6 Å². The van der Waals surface area contributed by atoms with Crippen LogP contribution >= 0.6 is 11.6 Å². The lowest BCUT2D eigenvalue weighted by molar-refractivity contribution is 0.0212. The molecule has 0 aliphatic carbocycles. The van der Waals surface area contributed by atoms with Crippen LogP contribution in [0, 0.1) is 12.3 Å². The Morgan fingerprint density at radius 3 is 2.56 bits per heavy atom. The molecule has 18 heavy (non-hydrogen) atoms. The van der Waals surface area contributed by atoms with Crippen LogP contribution in [0.2, 0.25) is 0 Å². The number of carbonyl (C=O) groups excluding carboxylic acids is 1. The molecule has 0 saturated carbocycles. The first-order valence-electron chi connectivity index (χ1n) is 5.50. The lowest BCUT2D eigenvalue weighted by Crippen LogP contribution is -2.43. The number of nitrogens with zero attached hydrogens (tertiary/aromatic N) is 2. The maximum absolute atomic E-state index is 11.9. The van der Waals surface area contributed by atoms with Crippen LogP contribution in [0.4, 0.5) is 4.79 Å². The van der Waals surface area contributed by atoms with Crippen molar-refractivity contribution in [3.63, 3.8) is 0 Å². The van der Waals surface area contributed by atoms with Gasteiger partial charge in [-0.3, -0.25) is 4.90 Å². The van der Waals surface area contributed by atoms with E-state index in [1.165, 1.54) is 4.90 Å². The van der Waals surface area contributed by atoms with Crippen LogP contribution in [0.25, 0.3) is 0 Å². The Kier molecular flexibility index (Phi) is 6.56. The largest absolute Gasteiger partial charge is 0.444 e. The predicted molar refractivity (Wildman–Crippen MR) is 70.9 cm³/mol. The third-order valence-corrected chi connectivity index (χ3v) is 2.22. The molecule has 0 saturated heterocycles. The summed E-state index contributed by atoms with van der Waals surface area (Å²) in [4.78, 5) is 13.3. The molecule has 0 bridgehead atoms. The van der Waals surface area contributed by atoms with Gasteiger partial charge in [-0.25, -0.2) is 4.79 Å². The molecule has 102 valence electrons. The highest BCUT2D eigenvalue weighted by atomic mass is 35.5. The molecule has 0 aromatic rings. The molecule has 6 heteroatoms. The van der Waals surface area contributed by atoms with E-state index in [0.29, 0.717) is 0 Å². The van der Waals surface area contributed by atoms with E-state index >= 15 is 0 Å². The summed E-state index contributed by atoms with van der Waals surface area (Å²) in [5.74, 6) is 2.39. The van der Waals surface area contributed by atoms with E-state index in [9.17, 15) is 4.79 Å². The molecule has 0 aromatic carbocycles. The molecular weight excluding hydrogens is 256 g/mol. The summed E-state index contributed by atoms with van der Waals surface area (Å²) >= 11 is 5.61. The van der Waals surface area contributed by atoms with Gasteiger partial charge in [-0.05, 0) is 27.7 Å². The lowest BCUT2D eigenvalue weighted by atomic mass is 10.2. The van der Waals surface area contributed by atoms with Gasteiger partial charge in [0.2, 0.25) is 0 Å². The average Bonchev–Trinajstić information content (AvgIpc) is 2.22. The second-order valence-electron chi connectivity index (χ2n) is 4.84. The van der Waals surface area contributed by atoms with Gasteiger partial charge in [-0.15, -0.1) is 6.42 Å². The molecule has 0 aliphatic heterocycles. The second kappa shape index (κ2) is 7.12. The van der Waals surface area contributed by atoms with Crippen molar-refractivity contribution < 1.29 is 14.7 Å². The summed E-state index contributed by atoms with van der Waals surface area (Å²) in [5, 5.41) is 11.4. The molecular formula is C12H19ClN2O3. The number of halogens is 1. The molecule has 0 unspecified atom stereocenters. The third kappa shape index (κ3) is 6.36. The Hall–Kier alpha value is -1.41. The van der Waals surface area contributed by atoms with Gasteiger partial charge in [0.05, 0.1) is 6.54 Å². The smallest absolute Gasteiger partial charge is 0.411 e. The van der Waals surface area contributed by atoms with Gasteiger partial charge in [0.15, 0.2) is 0 Å². The molecule has 0 fully saturated rings. The number of carbonyl (C=O) groups is 1. The maximum Gasteiger partial charge on any atom is 0.411 e. The van der Waals surface area contributed by atoms with E-state index in [4.69, 9.17) is 28.0 Å². The first kappa shape index (κ1) is 16.6. The van der Waals surface area contributed by atoms with Crippen molar-refractivity contribution in [2.75, 3.05) is 6.54 Å². The van der Waals surface area contributed by atoms with Gasteiger partial charge in [-0.2, -0.15) is 0 Å².